The maximum absolute atomic E-state index is 3.95. The van der Waals surface area contributed by atoms with E-state index in [-0.39, 0.29) is 18.5 Å². The molecule has 12 rings (SSSR count). The number of para-hydroxylation sites is 2. The zero-order valence-electron chi connectivity index (χ0n) is 33.5. The lowest BCUT2D eigenvalue weighted by atomic mass is 9.88. The van der Waals surface area contributed by atoms with Crippen LogP contribution >= 0.6 is 0 Å². The predicted molar refractivity (Wildman–Crippen MR) is 253 cm³/mol. The first-order chi connectivity index (χ1) is 30.3. The summed E-state index contributed by atoms with van der Waals surface area (Å²) in [5.74, 6) is 0. The second-order valence-electron chi connectivity index (χ2n) is 16.3. The van der Waals surface area contributed by atoms with E-state index in [1.807, 2.05) is 0 Å². The quantitative estimate of drug-likeness (QED) is 0.147. The molecule has 10 aromatic carbocycles. The van der Waals surface area contributed by atoms with Gasteiger partial charge in [0.1, 0.15) is 0 Å². The van der Waals surface area contributed by atoms with E-state index in [9.17, 15) is 0 Å². The van der Waals surface area contributed by atoms with Gasteiger partial charge in [0, 0.05) is 38.4 Å². The van der Waals surface area contributed by atoms with Crippen molar-refractivity contribution in [2.75, 3.05) is 0 Å². The number of nitrogens with zero attached hydrogens (tertiary/aromatic N) is 1. The maximum atomic E-state index is 3.95. The Morgan fingerprint density at radius 3 is 1.57 bits per heavy atom. The first kappa shape index (κ1) is 35.6. The van der Waals surface area contributed by atoms with E-state index < -0.39 is 0 Å². The number of quaternary nitrogens is 1. The Morgan fingerprint density at radius 2 is 0.869 bits per heavy atom. The molecule has 4 N–H and O–H groups in total. The van der Waals surface area contributed by atoms with Crippen molar-refractivity contribution in [3.05, 3.63) is 235 Å². The van der Waals surface area contributed by atoms with Crippen molar-refractivity contribution in [1.29, 1.82) is 0 Å². The smallest absolute Gasteiger partial charge is 0.169 e. The summed E-state index contributed by atoms with van der Waals surface area (Å²) in [6, 6.07) is 79.8. The van der Waals surface area contributed by atoms with Crippen LogP contribution in [0.2, 0.25) is 0 Å². The van der Waals surface area contributed by atoms with Gasteiger partial charge in [-0.25, -0.2) is 10.6 Å². The summed E-state index contributed by atoms with van der Waals surface area (Å²) in [7, 11) is 0. The first-order valence-electron chi connectivity index (χ1n) is 21.3. The van der Waals surface area contributed by atoms with Gasteiger partial charge < -0.3 is 9.88 Å². The van der Waals surface area contributed by atoms with E-state index in [1.54, 1.807) is 0 Å². The Kier molecular flexibility index (Phi) is 8.60. The van der Waals surface area contributed by atoms with Crippen LogP contribution in [0.5, 0.6) is 0 Å². The van der Waals surface area contributed by atoms with Gasteiger partial charge in [-0.2, -0.15) is 0 Å². The number of hydrogen-bond donors (Lipinski definition) is 3. The molecule has 1 fully saturated rings. The molecule has 61 heavy (non-hydrogen) atoms. The molecule has 1 aromatic heterocycles. The van der Waals surface area contributed by atoms with Crippen LogP contribution in [0.3, 0.4) is 0 Å². The van der Waals surface area contributed by atoms with Gasteiger partial charge in [0.15, 0.2) is 12.3 Å². The third kappa shape index (κ3) is 6.03. The lowest BCUT2D eigenvalue weighted by molar-refractivity contribution is -0.755. The molecule has 1 aliphatic rings. The molecular formula is C57H43N4+. The average molecular weight is 784 g/mol. The number of nitrogens with two attached hydrogens (primary N) is 1. The Balaban J connectivity index is 0.980. The van der Waals surface area contributed by atoms with E-state index in [4.69, 9.17) is 0 Å². The summed E-state index contributed by atoms with van der Waals surface area (Å²) in [4.78, 5) is 0. The van der Waals surface area contributed by atoms with Gasteiger partial charge in [-0.15, -0.1) is 0 Å². The number of fused-ring (bicyclic) bond motifs is 10. The van der Waals surface area contributed by atoms with Gasteiger partial charge >= 0.3 is 0 Å². The third-order valence-electron chi connectivity index (χ3n) is 12.8. The van der Waals surface area contributed by atoms with Crippen molar-refractivity contribution in [2.45, 2.75) is 18.5 Å². The molecule has 2 heterocycles. The Labute approximate surface area is 354 Å². The summed E-state index contributed by atoms with van der Waals surface area (Å²) in [6.45, 7) is 0. The molecule has 3 atom stereocenters. The fourth-order valence-electron chi connectivity index (χ4n) is 9.96. The second kappa shape index (κ2) is 14.7. The number of aromatic nitrogens is 1. The number of benzene rings is 10. The fourth-order valence-corrected chi connectivity index (χ4v) is 9.96. The minimum atomic E-state index is -0.0597. The zero-order valence-corrected chi connectivity index (χ0v) is 33.5. The van der Waals surface area contributed by atoms with Crippen LogP contribution in [0.1, 0.15) is 35.2 Å². The maximum Gasteiger partial charge on any atom is 0.169 e. The van der Waals surface area contributed by atoms with Crippen molar-refractivity contribution >= 4 is 54.1 Å². The van der Waals surface area contributed by atoms with E-state index >= 15 is 0 Å². The molecule has 290 valence electrons. The lowest BCUT2D eigenvalue weighted by Gasteiger charge is -2.36. The highest BCUT2D eigenvalue weighted by atomic mass is 15.4. The fraction of sp³-hybridized carbons (Fsp3) is 0.0526. The summed E-state index contributed by atoms with van der Waals surface area (Å²) in [6.07, 6.45) is 0.0761. The number of hydrogen-bond acceptors (Lipinski definition) is 2. The van der Waals surface area contributed by atoms with Gasteiger partial charge in [-0.1, -0.05) is 194 Å². The SMILES string of the molecule is c1ccc(-c2ccc(C3NC(c4ccc(-c5cc6c7ccccc7c7c(c8ccccc8n7-c7ccccc7)c6c6ccccc56)cc4)NC(c4ccccc4)[NH2+]3)cc2)cc1. The van der Waals surface area contributed by atoms with Crippen LogP contribution in [0, 0.1) is 0 Å². The number of nitrogens with one attached hydrogen (secondary N) is 2. The van der Waals surface area contributed by atoms with Gasteiger partial charge in [-0.3, -0.25) is 0 Å². The molecule has 1 saturated heterocycles. The minimum absolute atomic E-state index is 0.0587. The highest BCUT2D eigenvalue weighted by Gasteiger charge is 2.33. The number of rotatable bonds is 6. The van der Waals surface area contributed by atoms with Gasteiger partial charge in [-0.05, 0) is 73.6 Å². The van der Waals surface area contributed by atoms with Gasteiger partial charge in [0.05, 0.1) is 17.2 Å². The van der Waals surface area contributed by atoms with Crippen LogP contribution in [-0.4, -0.2) is 4.57 Å². The molecule has 0 amide bonds. The lowest BCUT2D eigenvalue weighted by Crippen LogP contribution is -2.94. The minimum Gasteiger partial charge on any atom is -0.309 e. The normalized spacial score (nSPS) is 16.8. The standard InChI is InChI=1S/C57H42N4/c1-4-16-37(17-5-1)38-28-32-41(33-29-38)56-58-55(40-18-6-2-7-19-40)59-57(60-56)42-34-30-39(31-35-42)49-36-50-45-23-11-13-25-47(45)54-53(52(50)46-24-12-10-22-44(46)49)48-26-14-15-27-51(48)61(54)43-20-8-3-9-21-43/h1-36,55-60H/p+1. The van der Waals surface area contributed by atoms with E-state index in [0.29, 0.717) is 0 Å². The molecule has 4 heteroatoms. The van der Waals surface area contributed by atoms with Gasteiger partial charge in [0.2, 0.25) is 0 Å². The molecule has 0 saturated carbocycles. The van der Waals surface area contributed by atoms with E-state index in [2.05, 4.69) is 239 Å². The highest BCUT2D eigenvalue weighted by molar-refractivity contribution is 6.38. The first-order valence-corrected chi connectivity index (χ1v) is 21.3. The molecular weight excluding hydrogens is 741 g/mol. The molecule has 0 radical (unpaired) electrons. The van der Waals surface area contributed by atoms with Crippen molar-refractivity contribution < 1.29 is 5.32 Å². The van der Waals surface area contributed by atoms with Crippen LogP contribution in [-0.2, 0) is 0 Å². The molecule has 1 aliphatic heterocycles. The largest absolute Gasteiger partial charge is 0.309 e. The van der Waals surface area contributed by atoms with E-state index in [0.717, 1.165) is 0 Å². The summed E-state index contributed by atoms with van der Waals surface area (Å²) in [5, 5.41) is 20.5. The molecule has 0 aliphatic carbocycles. The summed E-state index contributed by atoms with van der Waals surface area (Å²) in [5.41, 5.74) is 12.2. The Hall–Kier alpha value is -7.34. The van der Waals surface area contributed by atoms with Crippen LogP contribution in [0.25, 0.3) is 82.1 Å². The van der Waals surface area contributed by atoms with Crippen molar-refractivity contribution in [1.82, 2.24) is 15.2 Å². The third-order valence-corrected chi connectivity index (χ3v) is 12.8. The monoisotopic (exact) mass is 783 g/mol. The molecule has 4 nitrogen and oxygen atoms in total. The molecule has 3 unspecified atom stereocenters. The molecule has 0 bridgehead atoms. The average Bonchev–Trinajstić information content (AvgIpc) is 3.70. The molecule has 11 aromatic rings. The highest BCUT2D eigenvalue weighted by Crippen LogP contribution is 2.47. The topological polar surface area (TPSA) is 45.6 Å². The van der Waals surface area contributed by atoms with Crippen molar-refractivity contribution in [3.8, 4) is 27.9 Å². The Bertz CT molecular complexity index is 3380. The molecule has 0 spiro atoms. The summed E-state index contributed by atoms with van der Waals surface area (Å²) < 4.78 is 2.46. The second-order valence-corrected chi connectivity index (χ2v) is 16.3. The Morgan fingerprint density at radius 1 is 0.361 bits per heavy atom. The van der Waals surface area contributed by atoms with Gasteiger partial charge in [0.25, 0.3) is 0 Å². The van der Waals surface area contributed by atoms with E-state index in [1.165, 1.54) is 98.8 Å². The summed E-state index contributed by atoms with van der Waals surface area (Å²) >= 11 is 0. The predicted octanol–water partition coefficient (Wildman–Crippen LogP) is 12.7. The van der Waals surface area contributed by atoms with Crippen LogP contribution < -0.4 is 16.0 Å². The van der Waals surface area contributed by atoms with Crippen molar-refractivity contribution in [2.24, 2.45) is 0 Å². The van der Waals surface area contributed by atoms with Crippen LogP contribution in [0.15, 0.2) is 218 Å². The zero-order chi connectivity index (χ0) is 40.3. The van der Waals surface area contributed by atoms with Crippen molar-refractivity contribution in [3.63, 3.8) is 0 Å². The van der Waals surface area contributed by atoms with Crippen LogP contribution in [0.4, 0.5) is 0 Å².